The Morgan fingerprint density at radius 2 is 2.00 bits per heavy atom. The number of non-ortho nitro benzene ring substituents is 1. The Hall–Kier alpha value is -2.77. The number of aliphatic carboxylic acids is 1. The molecule has 1 aromatic carbocycles. The molecular weight excluding hydrogens is 364 g/mol. The standard InChI is InChI=1S/C20H22N2O6/c1-20(19(25)26)14-8-9-15(23)16(14)17(21(20)18(24)11-4-2-5-11)12-6-3-7-13(10-12)22(27)28/h3,6-7,10-11,14,16-17H,2,4-5,8-9H2,1H3,(H,25,26). The molecule has 1 N–H and O–H groups in total. The zero-order valence-corrected chi connectivity index (χ0v) is 15.5. The number of Topliss-reactive ketones (excluding diaryl/α,β-unsaturated/α-hetero) is 1. The summed E-state index contributed by atoms with van der Waals surface area (Å²) in [5.74, 6) is -2.84. The molecule has 0 aromatic heterocycles. The molecule has 3 aliphatic rings. The zero-order chi connectivity index (χ0) is 20.2. The van der Waals surface area contributed by atoms with E-state index >= 15 is 0 Å². The van der Waals surface area contributed by atoms with Gasteiger partial charge in [0.2, 0.25) is 5.91 Å². The van der Waals surface area contributed by atoms with Gasteiger partial charge < -0.3 is 10.0 Å². The van der Waals surface area contributed by atoms with Crippen LogP contribution in [0.1, 0.15) is 50.6 Å². The van der Waals surface area contributed by atoms with Crippen molar-refractivity contribution in [2.75, 3.05) is 0 Å². The summed E-state index contributed by atoms with van der Waals surface area (Å²) in [6.45, 7) is 1.53. The van der Waals surface area contributed by atoms with Crippen molar-refractivity contribution in [1.82, 2.24) is 4.90 Å². The van der Waals surface area contributed by atoms with E-state index in [0.717, 1.165) is 6.42 Å². The van der Waals surface area contributed by atoms with E-state index in [4.69, 9.17) is 0 Å². The first-order valence-electron chi connectivity index (χ1n) is 9.60. The summed E-state index contributed by atoms with van der Waals surface area (Å²) < 4.78 is 0. The molecule has 8 heteroatoms. The Kier molecular flexibility index (Phi) is 4.24. The number of nitro groups is 1. The van der Waals surface area contributed by atoms with Crippen molar-refractivity contribution < 1.29 is 24.4 Å². The van der Waals surface area contributed by atoms with Crippen LogP contribution in [0.2, 0.25) is 0 Å². The predicted octanol–water partition coefficient (Wildman–Crippen LogP) is 2.72. The van der Waals surface area contributed by atoms with Crippen molar-refractivity contribution in [2.24, 2.45) is 17.8 Å². The van der Waals surface area contributed by atoms with Crippen molar-refractivity contribution in [2.45, 2.75) is 50.6 Å². The number of nitrogens with zero attached hydrogens (tertiary/aromatic N) is 2. The average Bonchev–Trinajstić information content (AvgIpc) is 3.11. The van der Waals surface area contributed by atoms with Gasteiger partial charge >= 0.3 is 5.97 Å². The second-order valence-electron chi connectivity index (χ2n) is 8.22. The smallest absolute Gasteiger partial charge is 0.329 e. The first-order valence-corrected chi connectivity index (χ1v) is 9.60. The van der Waals surface area contributed by atoms with E-state index in [0.29, 0.717) is 24.8 Å². The third kappa shape index (κ3) is 2.47. The molecule has 3 fully saturated rings. The molecule has 2 saturated carbocycles. The normalized spacial score (nSPS) is 32.1. The van der Waals surface area contributed by atoms with Crippen molar-refractivity contribution in [3.8, 4) is 0 Å². The number of fused-ring (bicyclic) bond motifs is 1. The zero-order valence-electron chi connectivity index (χ0n) is 15.5. The topological polar surface area (TPSA) is 118 Å². The molecule has 0 radical (unpaired) electrons. The monoisotopic (exact) mass is 386 g/mol. The molecule has 8 nitrogen and oxygen atoms in total. The van der Waals surface area contributed by atoms with Crippen LogP contribution in [0.15, 0.2) is 24.3 Å². The summed E-state index contributed by atoms with van der Waals surface area (Å²) in [4.78, 5) is 50.5. The van der Waals surface area contributed by atoms with E-state index < -0.39 is 34.3 Å². The van der Waals surface area contributed by atoms with Crippen LogP contribution in [-0.4, -0.2) is 38.1 Å². The molecule has 0 spiro atoms. The van der Waals surface area contributed by atoms with Crippen molar-refractivity contribution in [1.29, 1.82) is 0 Å². The predicted molar refractivity (Wildman–Crippen MR) is 97.3 cm³/mol. The Labute approximate surface area is 161 Å². The number of carboxylic acids is 1. The maximum atomic E-state index is 13.3. The van der Waals surface area contributed by atoms with Gasteiger partial charge in [0.25, 0.3) is 5.69 Å². The average molecular weight is 386 g/mol. The number of hydrogen-bond acceptors (Lipinski definition) is 5. The summed E-state index contributed by atoms with van der Waals surface area (Å²) in [5.41, 5.74) is -1.18. The van der Waals surface area contributed by atoms with E-state index in [-0.39, 0.29) is 29.7 Å². The minimum Gasteiger partial charge on any atom is -0.479 e. The second kappa shape index (κ2) is 6.39. The van der Waals surface area contributed by atoms with Crippen LogP contribution < -0.4 is 0 Å². The first-order chi connectivity index (χ1) is 13.3. The lowest BCUT2D eigenvalue weighted by atomic mass is 9.80. The van der Waals surface area contributed by atoms with Crippen molar-refractivity contribution in [3.05, 3.63) is 39.9 Å². The SMILES string of the molecule is CC1(C(=O)O)C2CCC(=O)C2C(c2cccc([N+](=O)[O-])c2)N1C(=O)C1CCC1. The van der Waals surface area contributed by atoms with Gasteiger partial charge in [-0.25, -0.2) is 4.79 Å². The highest BCUT2D eigenvalue weighted by atomic mass is 16.6. The lowest BCUT2D eigenvalue weighted by Gasteiger charge is -2.41. The van der Waals surface area contributed by atoms with Crippen LogP contribution in [0.4, 0.5) is 5.69 Å². The van der Waals surface area contributed by atoms with Gasteiger partial charge in [-0.05, 0) is 31.7 Å². The van der Waals surface area contributed by atoms with E-state index in [1.165, 1.54) is 30.0 Å². The number of carbonyl (C=O) groups is 3. The number of carboxylic acid groups (broad SMARTS) is 1. The quantitative estimate of drug-likeness (QED) is 0.628. The van der Waals surface area contributed by atoms with Gasteiger partial charge in [0.05, 0.1) is 11.0 Å². The highest BCUT2D eigenvalue weighted by Gasteiger charge is 2.66. The van der Waals surface area contributed by atoms with Gasteiger partial charge in [-0.2, -0.15) is 0 Å². The fourth-order valence-corrected chi connectivity index (χ4v) is 5.18. The Bertz CT molecular complexity index is 879. The second-order valence-corrected chi connectivity index (χ2v) is 8.22. The summed E-state index contributed by atoms with van der Waals surface area (Å²) in [6, 6.07) is 5.09. The molecule has 2 aliphatic carbocycles. The Balaban J connectivity index is 1.88. The van der Waals surface area contributed by atoms with Gasteiger partial charge in [0.1, 0.15) is 11.3 Å². The third-order valence-corrected chi connectivity index (χ3v) is 6.90. The molecule has 1 aliphatic heterocycles. The number of nitro benzene ring substituents is 1. The number of amides is 1. The fourth-order valence-electron chi connectivity index (χ4n) is 5.18. The van der Waals surface area contributed by atoms with Gasteiger partial charge in [-0.3, -0.25) is 19.7 Å². The lowest BCUT2D eigenvalue weighted by Crippen LogP contribution is -2.56. The van der Waals surface area contributed by atoms with Crippen molar-refractivity contribution >= 4 is 23.3 Å². The van der Waals surface area contributed by atoms with Crippen LogP contribution in [0.3, 0.4) is 0 Å². The van der Waals surface area contributed by atoms with E-state index in [1.807, 2.05) is 0 Å². The summed E-state index contributed by atoms with van der Waals surface area (Å²) in [6.07, 6.45) is 3.01. The van der Waals surface area contributed by atoms with Gasteiger partial charge in [0, 0.05) is 36.3 Å². The molecule has 4 unspecified atom stereocenters. The molecular formula is C20H22N2O6. The molecule has 28 heavy (non-hydrogen) atoms. The van der Waals surface area contributed by atoms with E-state index in [1.54, 1.807) is 6.07 Å². The largest absolute Gasteiger partial charge is 0.479 e. The van der Waals surface area contributed by atoms with Gasteiger partial charge in [0.15, 0.2) is 0 Å². The minimum absolute atomic E-state index is 0.0714. The highest BCUT2D eigenvalue weighted by molar-refractivity contribution is 5.95. The van der Waals surface area contributed by atoms with Crippen LogP contribution >= 0.6 is 0 Å². The molecule has 148 valence electrons. The third-order valence-electron chi connectivity index (χ3n) is 6.90. The number of carbonyl (C=O) groups excluding carboxylic acids is 2. The summed E-state index contributed by atoms with van der Waals surface area (Å²) >= 11 is 0. The summed E-state index contributed by atoms with van der Waals surface area (Å²) in [7, 11) is 0. The first kappa shape index (κ1) is 18.6. The van der Waals surface area contributed by atoms with Crippen LogP contribution in [0, 0.1) is 27.9 Å². The number of rotatable bonds is 4. The van der Waals surface area contributed by atoms with Crippen molar-refractivity contribution in [3.63, 3.8) is 0 Å². The van der Waals surface area contributed by atoms with Crippen LogP contribution in [0.25, 0.3) is 0 Å². The van der Waals surface area contributed by atoms with Gasteiger partial charge in [-0.15, -0.1) is 0 Å². The number of ketones is 1. The number of benzene rings is 1. The number of likely N-dealkylation sites (tertiary alicyclic amines) is 1. The molecule has 1 aromatic rings. The van der Waals surface area contributed by atoms with Crippen LogP contribution in [-0.2, 0) is 14.4 Å². The molecule has 0 bridgehead atoms. The molecule has 1 heterocycles. The Morgan fingerprint density at radius 1 is 1.29 bits per heavy atom. The Morgan fingerprint density at radius 3 is 2.57 bits per heavy atom. The van der Waals surface area contributed by atoms with E-state index in [2.05, 4.69) is 0 Å². The maximum Gasteiger partial charge on any atom is 0.329 e. The highest BCUT2D eigenvalue weighted by Crippen LogP contribution is 2.57. The minimum atomic E-state index is -1.50. The molecule has 4 atom stereocenters. The fraction of sp³-hybridized carbons (Fsp3) is 0.550. The van der Waals surface area contributed by atoms with Crippen LogP contribution in [0.5, 0.6) is 0 Å². The van der Waals surface area contributed by atoms with Gasteiger partial charge in [-0.1, -0.05) is 18.6 Å². The molecule has 1 saturated heterocycles. The lowest BCUT2D eigenvalue weighted by molar-refractivity contribution is -0.385. The molecule has 4 rings (SSSR count). The van der Waals surface area contributed by atoms with E-state index in [9.17, 15) is 29.6 Å². The summed E-state index contributed by atoms with van der Waals surface area (Å²) in [5, 5.41) is 21.3. The maximum absolute atomic E-state index is 13.3. The number of hydrogen-bond donors (Lipinski definition) is 1. The molecule has 1 amide bonds.